The fraction of sp³-hybridized carbons (Fsp3) is 0.188. The lowest BCUT2D eigenvalue weighted by Crippen LogP contribution is -2.09. The molecule has 1 atom stereocenters. The van der Waals surface area contributed by atoms with Crippen LogP contribution >= 0.6 is 0 Å². The van der Waals surface area contributed by atoms with Crippen molar-refractivity contribution >= 4 is 11.7 Å². The van der Waals surface area contributed by atoms with Crippen LogP contribution in [0.2, 0.25) is 0 Å². The minimum absolute atomic E-state index is 0.0372. The lowest BCUT2D eigenvalue weighted by atomic mass is 10.1. The van der Waals surface area contributed by atoms with Crippen LogP contribution in [0.25, 0.3) is 0 Å². The van der Waals surface area contributed by atoms with Gasteiger partial charge in [-0.25, -0.2) is 4.79 Å². The summed E-state index contributed by atoms with van der Waals surface area (Å²) in [5.74, 6) is 0.143. The van der Waals surface area contributed by atoms with Crippen LogP contribution in [-0.2, 0) is 4.74 Å². The van der Waals surface area contributed by atoms with Crippen LogP contribution in [-0.4, -0.2) is 18.0 Å². The predicted octanol–water partition coefficient (Wildman–Crippen LogP) is 3.52. The highest BCUT2D eigenvalue weighted by molar-refractivity contribution is 5.89. The number of rotatable bonds is 5. The Labute approximate surface area is 127 Å². The highest BCUT2D eigenvalue weighted by Gasteiger charge is 2.16. The van der Waals surface area contributed by atoms with Gasteiger partial charge < -0.3 is 9.47 Å². The van der Waals surface area contributed by atoms with Gasteiger partial charge in [0, 0.05) is 12.1 Å². The second-order valence-electron chi connectivity index (χ2n) is 4.63. The van der Waals surface area contributed by atoms with Crippen molar-refractivity contribution in [2.24, 2.45) is 0 Å². The number of hydrogen-bond acceptors (Lipinski definition) is 5. The summed E-state index contributed by atoms with van der Waals surface area (Å²) < 4.78 is 10.3. The van der Waals surface area contributed by atoms with Crippen molar-refractivity contribution in [2.75, 3.05) is 7.11 Å². The molecule has 0 amide bonds. The maximum Gasteiger partial charge on any atom is 0.338 e. The number of methoxy groups -OCH3 is 1. The number of carbonyl (C=O) groups excluding carboxylic acids is 1. The third kappa shape index (κ3) is 3.60. The largest absolute Gasteiger partial charge is 0.497 e. The summed E-state index contributed by atoms with van der Waals surface area (Å²) in [6.45, 7) is 1.67. The molecule has 0 bridgehead atoms. The molecule has 0 aliphatic heterocycles. The summed E-state index contributed by atoms with van der Waals surface area (Å²) in [5.41, 5.74) is 0.916. The average Bonchev–Trinajstić information content (AvgIpc) is 2.54. The third-order valence-electron chi connectivity index (χ3n) is 3.16. The summed E-state index contributed by atoms with van der Waals surface area (Å²) in [4.78, 5) is 22.3. The molecule has 2 aromatic carbocycles. The van der Waals surface area contributed by atoms with Crippen molar-refractivity contribution in [2.45, 2.75) is 13.0 Å². The van der Waals surface area contributed by atoms with Crippen LogP contribution in [0.4, 0.5) is 5.69 Å². The van der Waals surface area contributed by atoms with Gasteiger partial charge in [0.1, 0.15) is 11.9 Å². The molecular formula is C16H15NO5. The van der Waals surface area contributed by atoms with E-state index in [1.807, 2.05) is 0 Å². The average molecular weight is 301 g/mol. The number of nitrogens with zero attached hydrogens (tertiary/aromatic N) is 1. The molecule has 0 aliphatic carbocycles. The third-order valence-corrected chi connectivity index (χ3v) is 3.16. The normalized spacial score (nSPS) is 11.5. The van der Waals surface area contributed by atoms with Crippen LogP contribution in [0.5, 0.6) is 5.75 Å². The summed E-state index contributed by atoms with van der Waals surface area (Å²) >= 11 is 0. The van der Waals surface area contributed by atoms with Crippen LogP contribution in [0, 0.1) is 10.1 Å². The van der Waals surface area contributed by atoms with Crippen molar-refractivity contribution in [3.63, 3.8) is 0 Å². The Kier molecular flexibility index (Phi) is 4.73. The zero-order valence-electron chi connectivity index (χ0n) is 12.2. The molecule has 0 fully saturated rings. The molecule has 0 spiro atoms. The molecule has 0 heterocycles. The maximum atomic E-state index is 12.0. The van der Waals surface area contributed by atoms with E-state index < -0.39 is 17.0 Å². The van der Waals surface area contributed by atoms with Gasteiger partial charge in [-0.1, -0.05) is 12.1 Å². The van der Waals surface area contributed by atoms with Gasteiger partial charge in [-0.15, -0.1) is 0 Å². The number of ether oxygens (including phenoxy) is 2. The van der Waals surface area contributed by atoms with Crippen LogP contribution in [0.3, 0.4) is 0 Å². The molecule has 6 nitrogen and oxygen atoms in total. The Morgan fingerprint density at radius 3 is 2.45 bits per heavy atom. The van der Waals surface area contributed by atoms with E-state index in [0.717, 1.165) is 0 Å². The number of hydrogen-bond donors (Lipinski definition) is 0. The topological polar surface area (TPSA) is 78.7 Å². The van der Waals surface area contributed by atoms with Gasteiger partial charge in [0.05, 0.1) is 17.6 Å². The van der Waals surface area contributed by atoms with E-state index >= 15 is 0 Å². The molecule has 0 aliphatic rings. The van der Waals surface area contributed by atoms with Crippen molar-refractivity contribution in [1.82, 2.24) is 0 Å². The van der Waals surface area contributed by atoms with Crippen LogP contribution in [0.15, 0.2) is 48.5 Å². The van der Waals surface area contributed by atoms with Gasteiger partial charge in [-0.3, -0.25) is 10.1 Å². The Hall–Kier alpha value is -2.89. The van der Waals surface area contributed by atoms with E-state index in [2.05, 4.69) is 0 Å². The zero-order valence-corrected chi connectivity index (χ0v) is 12.2. The Morgan fingerprint density at radius 2 is 1.86 bits per heavy atom. The predicted molar refractivity (Wildman–Crippen MR) is 79.9 cm³/mol. The quantitative estimate of drug-likeness (QED) is 0.479. The minimum atomic E-state index is -0.588. The Bertz CT molecular complexity index is 681. The van der Waals surface area contributed by atoms with Gasteiger partial charge in [-0.2, -0.15) is 0 Å². The number of non-ortho nitro benzene ring substituents is 1. The first-order valence-corrected chi connectivity index (χ1v) is 6.60. The van der Waals surface area contributed by atoms with Crippen molar-refractivity contribution in [3.05, 3.63) is 69.8 Å². The lowest BCUT2D eigenvalue weighted by molar-refractivity contribution is -0.385. The summed E-state index contributed by atoms with van der Waals surface area (Å²) in [6, 6.07) is 12.5. The fourth-order valence-corrected chi connectivity index (χ4v) is 1.91. The summed E-state index contributed by atoms with van der Waals surface area (Å²) in [6.07, 6.45) is -0.588. The van der Waals surface area contributed by atoms with Crippen molar-refractivity contribution in [1.29, 1.82) is 0 Å². The molecule has 22 heavy (non-hydrogen) atoms. The monoisotopic (exact) mass is 301 g/mol. The molecule has 0 radical (unpaired) electrons. The van der Waals surface area contributed by atoms with E-state index in [1.165, 1.54) is 19.2 Å². The molecule has 0 saturated heterocycles. The highest BCUT2D eigenvalue weighted by Crippen LogP contribution is 2.23. The Balaban J connectivity index is 2.10. The van der Waals surface area contributed by atoms with Gasteiger partial charge in [0.15, 0.2) is 0 Å². The Morgan fingerprint density at radius 1 is 1.18 bits per heavy atom. The van der Waals surface area contributed by atoms with Crippen LogP contribution in [0.1, 0.15) is 28.9 Å². The number of esters is 1. The SMILES string of the molecule is COc1ccc(C(=O)OC(C)c2cccc([N+](=O)[O-])c2)cc1. The summed E-state index contributed by atoms with van der Waals surface area (Å²) in [7, 11) is 1.54. The number of carbonyl (C=O) groups is 1. The standard InChI is InChI=1S/C16H15NO5/c1-11(13-4-3-5-14(10-13)17(19)20)22-16(18)12-6-8-15(21-2)9-7-12/h3-11H,1-2H3. The van der Waals surface area contributed by atoms with E-state index in [1.54, 1.807) is 43.3 Å². The van der Waals surface area contributed by atoms with E-state index in [-0.39, 0.29) is 5.69 Å². The zero-order chi connectivity index (χ0) is 16.1. The van der Waals surface area contributed by atoms with E-state index in [0.29, 0.717) is 16.9 Å². The molecule has 0 saturated carbocycles. The molecule has 114 valence electrons. The molecule has 0 N–H and O–H groups in total. The number of nitro groups is 1. The van der Waals surface area contributed by atoms with Gasteiger partial charge in [0.25, 0.3) is 5.69 Å². The molecule has 6 heteroatoms. The first kappa shape index (κ1) is 15.5. The molecular weight excluding hydrogens is 286 g/mol. The molecule has 0 aromatic heterocycles. The maximum absolute atomic E-state index is 12.0. The van der Waals surface area contributed by atoms with Crippen molar-refractivity contribution < 1.29 is 19.2 Å². The van der Waals surface area contributed by atoms with E-state index in [4.69, 9.17) is 9.47 Å². The first-order chi connectivity index (χ1) is 10.5. The summed E-state index contributed by atoms with van der Waals surface area (Å²) in [5, 5.41) is 10.8. The molecule has 1 unspecified atom stereocenters. The van der Waals surface area contributed by atoms with Crippen LogP contribution < -0.4 is 4.74 Å². The molecule has 2 rings (SSSR count). The first-order valence-electron chi connectivity index (χ1n) is 6.60. The van der Waals surface area contributed by atoms with Gasteiger partial charge in [-0.05, 0) is 36.8 Å². The minimum Gasteiger partial charge on any atom is -0.497 e. The van der Waals surface area contributed by atoms with Gasteiger partial charge >= 0.3 is 5.97 Å². The molecule has 2 aromatic rings. The van der Waals surface area contributed by atoms with Crippen molar-refractivity contribution in [3.8, 4) is 5.75 Å². The second-order valence-corrected chi connectivity index (χ2v) is 4.63. The highest BCUT2D eigenvalue weighted by atomic mass is 16.6. The fourth-order valence-electron chi connectivity index (χ4n) is 1.91. The lowest BCUT2D eigenvalue weighted by Gasteiger charge is -2.13. The smallest absolute Gasteiger partial charge is 0.338 e. The number of benzene rings is 2. The van der Waals surface area contributed by atoms with E-state index in [9.17, 15) is 14.9 Å². The number of nitro benzene ring substituents is 1. The van der Waals surface area contributed by atoms with Gasteiger partial charge in [0.2, 0.25) is 0 Å². The second kappa shape index (κ2) is 6.71.